The van der Waals surface area contributed by atoms with E-state index in [0.29, 0.717) is 24.7 Å². The minimum Gasteiger partial charge on any atom is -0.493 e. The Kier molecular flexibility index (Phi) is 4.87. The topological polar surface area (TPSA) is 81.9 Å². The molecule has 0 fully saturated rings. The summed E-state index contributed by atoms with van der Waals surface area (Å²) in [5.41, 5.74) is 2.03. The largest absolute Gasteiger partial charge is 0.493 e. The monoisotopic (exact) mass is 362 g/mol. The van der Waals surface area contributed by atoms with Gasteiger partial charge in [-0.05, 0) is 49.2 Å². The zero-order chi connectivity index (χ0) is 18.0. The quantitative estimate of drug-likeness (QED) is 0.852. The Labute approximate surface area is 148 Å². The minimum atomic E-state index is -3.68. The number of sulfonamides is 1. The lowest BCUT2D eigenvalue weighted by molar-refractivity contribution is 0.297. The molecule has 0 amide bonds. The molecule has 3 rings (SSSR count). The lowest BCUT2D eigenvalue weighted by atomic mass is 10.1. The number of hydrogen-bond acceptors (Lipinski definition) is 5. The highest BCUT2D eigenvalue weighted by molar-refractivity contribution is 7.89. The molecule has 0 radical (unpaired) electrons. The first-order valence-corrected chi connectivity index (χ1v) is 9.63. The molecule has 2 aromatic carbocycles. The van der Waals surface area contributed by atoms with Gasteiger partial charge in [0.25, 0.3) is 0 Å². The molecule has 1 aliphatic rings. The molecule has 0 saturated heterocycles. The Morgan fingerprint density at radius 2 is 1.92 bits per heavy atom. The van der Waals surface area contributed by atoms with E-state index >= 15 is 0 Å². The lowest BCUT2D eigenvalue weighted by Crippen LogP contribution is -2.33. The van der Waals surface area contributed by atoms with Crippen LogP contribution in [-0.4, -0.2) is 34.7 Å². The van der Waals surface area contributed by atoms with Crippen LogP contribution in [0.3, 0.4) is 0 Å². The summed E-state index contributed by atoms with van der Waals surface area (Å²) in [5, 5.41) is 5.22. The summed E-state index contributed by atoms with van der Waals surface area (Å²) >= 11 is 0. The van der Waals surface area contributed by atoms with Crippen LogP contribution in [0.4, 0.5) is 5.69 Å². The number of para-hydroxylation sites is 2. The van der Waals surface area contributed by atoms with Gasteiger partial charge < -0.3 is 14.4 Å². The van der Waals surface area contributed by atoms with Crippen LogP contribution in [0, 0.1) is 0 Å². The van der Waals surface area contributed by atoms with Crippen LogP contribution in [0.1, 0.15) is 12.5 Å². The van der Waals surface area contributed by atoms with E-state index in [1.807, 2.05) is 30.3 Å². The van der Waals surface area contributed by atoms with E-state index in [1.165, 1.54) is 0 Å². The van der Waals surface area contributed by atoms with Gasteiger partial charge in [0.05, 0.1) is 18.6 Å². The summed E-state index contributed by atoms with van der Waals surface area (Å²) in [5.74, 6) is 1.41. The molecule has 2 N–H and O–H groups in total. The summed E-state index contributed by atoms with van der Waals surface area (Å²) in [7, 11) is -2.06. The Morgan fingerprint density at radius 1 is 1.20 bits per heavy atom. The van der Waals surface area contributed by atoms with Gasteiger partial charge >= 0.3 is 0 Å². The van der Waals surface area contributed by atoms with Gasteiger partial charge in [-0.25, -0.2) is 13.6 Å². The molecular formula is C18H22N2O4S. The Bertz CT molecular complexity index is 867. The molecule has 2 aromatic rings. The number of primary sulfonamides is 1. The molecule has 1 aliphatic heterocycles. The minimum absolute atomic E-state index is 0.158. The van der Waals surface area contributed by atoms with Crippen LogP contribution in [0.15, 0.2) is 47.4 Å². The predicted molar refractivity (Wildman–Crippen MR) is 96.8 cm³/mol. The summed E-state index contributed by atoms with van der Waals surface area (Å²) in [6.07, 6.45) is 0.785. The van der Waals surface area contributed by atoms with Gasteiger partial charge in [0.1, 0.15) is 6.61 Å². The van der Waals surface area contributed by atoms with Crippen LogP contribution >= 0.6 is 0 Å². The number of fused-ring (bicyclic) bond motifs is 1. The summed E-state index contributed by atoms with van der Waals surface area (Å²) in [4.78, 5) is 2.38. The molecule has 1 atom stereocenters. The van der Waals surface area contributed by atoms with Gasteiger partial charge in [-0.2, -0.15) is 0 Å². The average molecular weight is 362 g/mol. The zero-order valence-corrected chi connectivity index (χ0v) is 15.1. The molecule has 0 saturated carbocycles. The number of nitrogens with zero attached hydrogens (tertiary/aromatic N) is 1. The van der Waals surface area contributed by atoms with Crippen LogP contribution in [0.25, 0.3) is 0 Å². The van der Waals surface area contributed by atoms with Crippen LogP contribution in [-0.2, 0) is 16.4 Å². The van der Waals surface area contributed by atoms with Crippen molar-refractivity contribution in [1.29, 1.82) is 0 Å². The van der Waals surface area contributed by atoms with E-state index in [9.17, 15) is 8.42 Å². The Hall–Kier alpha value is -2.25. The third kappa shape index (κ3) is 3.72. The number of benzene rings is 2. The highest BCUT2D eigenvalue weighted by Gasteiger charge is 2.27. The highest BCUT2D eigenvalue weighted by Crippen LogP contribution is 2.33. The molecule has 0 bridgehead atoms. The van der Waals surface area contributed by atoms with Crippen molar-refractivity contribution in [2.45, 2.75) is 24.3 Å². The lowest BCUT2D eigenvalue weighted by Gasteiger charge is -2.25. The molecule has 0 spiro atoms. The number of ether oxygens (including phenoxy) is 2. The standard InChI is InChI=1S/C18H22N2O4S/c1-13-11-14-12-15(25(19,21)22)7-8-16(14)20(13)9-10-24-18-6-4-3-5-17(18)23-2/h3-8,12-13H,9-11H2,1-2H3,(H2,19,21,22). The third-order valence-corrected chi connectivity index (χ3v) is 5.31. The van der Waals surface area contributed by atoms with Crippen molar-refractivity contribution in [1.82, 2.24) is 0 Å². The van der Waals surface area contributed by atoms with Crippen molar-refractivity contribution in [2.24, 2.45) is 5.14 Å². The molecule has 6 nitrogen and oxygen atoms in total. The third-order valence-electron chi connectivity index (χ3n) is 4.40. The first kappa shape index (κ1) is 17.6. The Morgan fingerprint density at radius 3 is 2.60 bits per heavy atom. The first-order valence-electron chi connectivity index (χ1n) is 8.08. The number of nitrogens with two attached hydrogens (primary N) is 1. The predicted octanol–water partition coefficient (Wildman–Crippen LogP) is 2.17. The fourth-order valence-corrected chi connectivity index (χ4v) is 3.75. The van der Waals surface area contributed by atoms with Crippen molar-refractivity contribution in [3.63, 3.8) is 0 Å². The van der Waals surface area contributed by atoms with Crippen molar-refractivity contribution >= 4 is 15.7 Å². The zero-order valence-electron chi connectivity index (χ0n) is 14.3. The van der Waals surface area contributed by atoms with Crippen LogP contribution in [0.5, 0.6) is 11.5 Å². The summed E-state index contributed by atoms with van der Waals surface area (Å²) in [6, 6.07) is 12.8. The van der Waals surface area contributed by atoms with Gasteiger partial charge in [-0.3, -0.25) is 0 Å². The maximum atomic E-state index is 11.5. The molecule has 1 heterocycles. The number of rotatable bonds is 6. The normalized spacial score (nSPS) is 16.6. The van der Waals surface area contributed by atoms with Gasteiger partial charge in [0, 0.05) is 11.7 Å². The molecule has 25 heavy (non-hydrogen) atoms. The molecule has 134 valence electrons. The average Bonchev–Trinajstić information content (AvgIpc) is 2.89. The van der Waals surface area contributed by atoms with E-state index < -0.39 is 10.0 Å². The maximum absolute atomic E-state index is 11.5. The maximum Gasteiger partial charge on any atom is 0.238 e. The van der Waals surface area contributed by atoms with Crippen LogP contribution < -0.4 is 19.5 Å². The molecule has 1 unspecified atom stereocenters. The van der Waals surface area contributed by atoms with Gasteiger partial charge in [0.15, 0.2) is 11.5 Å². The number of methoxy groups -OCH3 is 1. The highest BCUT2D eigenvalue weighted by atomic mass is 32.2. The van der Waals surface area contributed by atoms with Crippen molar-refractivity contribution in [3.05, 3.63) is 48.0 Å². The van der Waals surface area contributed by atoms with E-state index in [0.717, 1.165) is 17.7 Å². The Balaban J connectivity index is 1.70. The van der Waals surface area contributed by atoms with E-state index in [4.69, 9.17) is 14.6 Å². The van der Waals surface area contributed by atoms with Crippen molar-refractivity contribution < 1.29 is 17.9 Å². The first-order chi connectivity index (χ1) is 11.9. The summed E-state index contributed by atoms with van der Waals surface area (Å²) < 4.78 is 34.2. The second-order valence-electron chi connectivity index (χ2n) is 6.08. The smallest absolute Gasteiger partial charge is 0.238 e. The fourth-order valence-electron chi connectivity index (χ4n) is 3.18. The number of anilines is 1. The second-order valence-corrected chi connectivity index (χ2v) is 7.64. The van der Waals surface area contributed by atoms with Gasteiger partial charge in [-0.1, -0.05) is 12.1 Å². The van der Waals surface area contributed by atoms with Crippen LogP contribution in [0.2, 0.25) is 0 Å². The molecule has 0 aromatic heterocycles. The fraction of sp³-hybridized carbons (Fsp3) is 0.333. The van der Waals surface area contributed by atoms with E-state index in [2.05, 4.69) is 11.8 Å². The van der Waals surface area contributed by atoms with E-state index in [-0.39, 0.29) is 10.9 Å². The van der Waals surface area contributed by atoms with E-state index in [1.54, 1.807) is 19.2 Å². The molecular weight excluding hydrogens is 340 g/mol. The van der Waals surface area contributed by atoms with Gasteiger partial charge in [-0.15, -0.1) is 0 Å². The van der Waals surface area contributed by atoms with Crippen molar-refractivity contribution in [3.8, 4) is 11.5 Å². The molecule has 7 heteroatoms. The second kappa shape index (κ2) is 6.93. The molecule has 0 aliphatic carbocycles. The van der Waals surface area contributed by atoms with Crippen molar-refractivity contribution in [2.75, 3.05) is 25.2 Å². The SMILES string of the molecule is COc1ccccc1OCCN1c2ccc(S(N)(=O)=O)cc2CC1C. The number of hydrogen-bond donors (Lipinski definition) is 1. The summed E-state index contributed by atoms with van der Waals surface area (Å²) in [6.45, 7) is 3.31. The van der Waals surface area contributed by atoms with Gasteiger partial charge in [0.2, 0.25) is 10.0 Å².